The van der Waals surface area contributed by atoms with E-state index in [0.717, 1.165) is 20.2 Å². The summed E-state index contributed by atoms with van der Waals surface area (Å²) in [6.07, 6.45) is 0.618. The molecule has 1 atom stereocenters. The van der Waals surface area contributed by atoms with Crippen molar-refractivity contribution in [1.82, 2.24) is 0 Å². The summed E-state index contributed by atoms with van der Waals surface area (Å²) in [7, 11) is 0. The van der Waals surface area contributed by atoms with Gasteiger partial charge in [0.15, 0.2) is 0 Å². The number of nitrogens with one attached hydrogen (secondary N) is 1. The molecule has 0 saturated carbocycles. The highest BCUT2D eigenvalue weighted by Crippen LogP contribution is 2.32. The van der Waals surface area contributed by atoms with Crippen LogP contribution in [0.25, 0.3) is 0 Å². The summed E-state index contributed by atoms with van der Waals surface area (Å²) in [5.74, 6) is -0.173. The molecule has 0 aliphatic rings. The number of carbonyl (C=O) groups is 1. The third-order valence-electron chi connectivity index (χ3n) is 2.21. The molecule has 16 heavy (non-hydrogen) atoms. The Labute approximate surface area is 112 Å². The van der Waals surface area contributed by atoms with E-state index in [-0.39, 0.29) is 5.91 Å². The zero-order valence-corrected chi connectivity index (χ0v) is 12.4. The molecule has 0 saturated heterocycles. The Hall–Kier alpha value is -0.390. The second-order valence-electron chi connectivity index (χ2n) is 3.61. The average Bonchev–Trinajstić information content (AvgIpc) is 2.21. The number of carbonyl (C=O) groups excluding carboxylic acids is 1. The van der Waals surface area contributed by atoms with Gasteiger partial charge in [-0.2, -0.15) is 0 Å². The maximum atomic E-state index is 11.7. The lowest BCUT2D eigenvalue weighted by molar-refractivity contribution is -0.117. The van der Waals surface area contributed by atoms with Crippen LogP contribution >= 0.6 is 31.9 Å². The third kappa shape index (κ3) is 3.30. The monoisotopic (exact) mass is 348 g/mol. The van der Waals surface area contributed by atoms with E-state index < -0.39 is 6.04 Å². The fourth-order valence-electron chi connectivity index (χ4n) is 1.22. The first-order chi connectivity index (χ1) is 7.45. The highest BCUT2D eigenvalue weighted by Gasteiger charge is 2.14. The zero-order chi connectivity index (χ0) is 12.3. The van der Waals surface area contributed by atoms with Crippen LogP contribution in [0.5, 0.6) is 0 Å². The molecule has 0 radical (unpaired) electrons. The summed E-state index contributed by atoms with van der Waals surface area (Å²) in [4.78, 5) is 11.7. The highest BCUT2D eigenvalue weighted by atomic mass is 79.9. The van der Waals surface area contributed by atoms with Crippen molar-refractivity contribution in [2.24, 2.45) is 5.73 Å². The standard InChI is InChI=1S/C11H14Br2N2O/c1-3-9(14)11(16)15-10-7(12)4-6(2)5-8(10)13/h4-5,9H,3,14H2,1-2H3,(H,15,16)/t9-/m1/s1. The minimum atomic E-state index is -0.472. The number of halogens is 2. The summed E-state index contributed by atoms with van der Waals surface area (Å²) < 4.78 is 1.69. The number of rotatable bonds is 3. The van der Waals surface area contributed by atoms with Gasteiger partial charge in [-0.15, -0.1) is 0 Å². The summed E-state index contributed by atoms with van der Waals surface area (Å²) in [6.45, 7) is 3.86. The number of nitrogens with two attached hydrogens (primary N) is 1. The number of hydrogen-bond donors (Lipinski definition) is 2. The van der Waals surface area contributed by atoms with Crippen LogP contribution in [0.3, 0.4) is 0 Å². The van der Waals surface area contributed by atoms with Crippen LogP contribution in [-0.2, 0) is 4.79 Å². The number of hydrogen-bond acceptors (Lipinski definition) is 2. The Morgan fingerprint density at radius 3 is 2.38 bits per heavy atom. The second-order valence-corrected chi connectivity index (χ2v) is 5.32. The van der Waals surface area contributed by atoms with Gasteiger partial charge in [-0.1, -0.05) is 6.92 Å². The lowest BCUT2D eigenvalue weighted by Crippen LogP contribution is -2.35. The van der Waals surface area contributed by atoms with Crippen molar-refractivity contribution in [2.45, 2.75) is 26.3 Å². The molecule has 88 valence electrons. The summed E-state index contributed by atoms with van der Waals surface area (Å²) in [5.41, 5.74) is 7.48. The van der Waals surface area contributed by atoms with E-state index in [4.69, 9.17) is 5.73 Å². The lowest BCUT2D eigenvalue weighted by atomic mass is 10.2. The predicted octanol–water partition coefficient (Wildman–Crippen LogP) is 3.20. The summed E-state index contributed by atoms with van der Waals surface area (Å²) in [5, 5.41) is 2.80. The van der Waals surface area contributed by atoms with Gasteiger partial charge in [0, 0.05) is 8.95 Å². The molecular weight excluding hydrogens is 336 g/mol. The van der Waals surface area contributed by atoms with Gasteiger partial charge in [-0.3, -0.25) is 4.79 Å². The van der Waals surface area contributed by atoms with Crippen LogP contribution in [0.2, 0.25) is 0 Å². The molecule has 1 rings (SSSR count). The minimum Gasteiger partial charge on any atom is -0.323 e. The van der Waals surface area contributed by atoms with E-state index in [1.165, 1.54) is 0 Å². The van der Waals surface area contributed by atoms with Gasteiger partial charge in [0.1, 0.15) is 0 Å². The zero-order valence-electron chi connectivity index (χ0n) is 9.18. The molecule has 0 aliphatic carbocycles. The van der Waals surface area contributed by atoms with Gasteiger partial charge < -0.3 is 11.1 Å². The predicted molar refractivity (Wildman–Crippen MR) is 73.5 cm³/mol. The van der Waals surface area contributed by atoms with E-state index >= 15 is 0 Å². The van der Waals surface area contributed by atoms with Crippen molar-refractivity contribution in [3.63, 3.8) is 0 Å². The molecule has 0 spiro atoms. The molecule has 3 nitrogen and oxygen atoms in total. The van der Waals surface area contributed by atoms with Crippen molar-refractivity contribution in [2.75, 3.05) is 5.32 Å². The Balaban J connectivity index is 2.93. The maximum absolute atomic E-state index is 11.7. The molecular formula is C11H14Br2N2O. The summed E-state index contributed by atoms with van der Waals surface area (Å²) in [6, 6.07) is 3.41. The fraction of sp³-hybridized carbons (Fsp3) is 0.364. The molecule has 1 aromatic rings. The lowest BCUT2D eigenvalue weighted by Gasteiger charge is -2.13. The molecule has 0 heterocycles. The van der Waals surface area contributed by atoms with Crippen molar-refractivity contribution in [3.8, 4) is 0 Å². The largest absolute Gasteiger partial charge is 0.323 e. The quantitative estimate of drug-likeness (QED) is 0.880. The molecule has 1 aromatic carbocycles. The van der Waals surface area contributed by atoms with Crippen molar-refractivity contribution < 1.29 is 4.79 Å². The van der Waals surface area contributed by atoms with E-state index in [0.29, 0.717) is 6.42 Å². The second kappa shape index (κ2) is 5.80. The Morgan fingerprint density at radius 1 is 1.44 bits per heavy atom. The van der Waals surface area contributed by atoms with E-state index in [2.05, 4.69) is 37.2 Å². The van der Waals surface area contributed by atoms with E-state index in [1.807, 2.05) is 26.0 Å². The van der Waals surface area contributed by atoms with Crippen molar-refractivity contribution in [3.05, 3.63) is 26.6 Å². The summed E-state index contributed by atoms with van der Waals surface area (Å²) >= 11 is 6.82. The van der Waals surface area contributed by atoms with E-state index in [1.54, 1.807) is 0 Å². The Kier molecular flexibility index (Phi) is 4.95. The van der Waals surface area contributed by atoms with Crippen LogP contribution in [0.4, 0.5) is 5.69 Å². The average molecular weight is 350 g/mol. The number of amides is 1. The molecule has 0 bridgehead atoms. The first kappa shape index (κ1) is 13.7. The van der Waals surface area contributed by atoms with Crippen molar-refractivity contribution >= 4 is 43.5 Å². The normalized spacial score (nSPS) is 12.3. The Morgan fingerprint density at radius 2 is 1.94 bits per heavy atom. The van der Waals surface area contributed by atoms with Gasteiger partial charge in [0.05, 0.1) is 11.7 Å². The number of anilines is 1. The van der Waals surface area contributed by atoms with Gasteiger partial charge in [0.25, 0.3) is 0 Å². The molecule has 1 amide bonds. The van der Waals surface area contributed by atoms with Crippen molar-refractivity contribution in [1.29, 1.82) is 0 Å². The first-order valence-electron chi connectivity index (χ1n) is 4.97. The van der Waals surface area contributed by atoms with Crippen LogP contribution in [0, 0.1) is 6.92 Å². The first-order valence-corrected chi connectivity index (χ1v) is 6.56. The smallest absolute Gasteiger partial charge is 0.241 e. The van der Waals surface area contributed by atoms with Crippen LogP contribution in [-0.4, -0.2) is 11.9 Å². The number of aryl methyl sites for hydroxylation is 1. The van der Waals surface area contributed by atoms with Crippen LogP contribution in [0.1, 0.15) is 18.9 Å². The maximum Gasteiger partial charge on any atom is 0.241 e. The molecule has 0 aromatic heterocycles. The van der Waals surface area contributed by atoms with Gasteiger partial charge in [-0.25, -0.2) is 0 Å². The van der Waals surface area contributed by atoms with Gasteiger partial charge in [-0.05, 0) is 62.9 Å². The highest BCUT2D eigenvalue weighted by molar-refractivity contribution is 9.11. The minimum absolute atomic E-state index is 0.173. The Bertz CT molecular complexity index is 384. The van der Waals surface area contributed by atoms with E-state index in [9.17, 15) is 4.79 Å². The SMILES string of the molecule is CC[C@@H](N)C(=O)Nc1c(Br)cc(C)cc1Br. The molecule has 5 heteroatoms. The molecule has 3 N–H and O–H groups in total. The topological polar surface area (TPSA) is 55.1 Å². The third-order valence-corrected chi connectivity index (χ3v) is 3.46. The molecule has 0 aliphatic heterocycles. The molecule has 0 fully saturated rings. The van der Waals surface area contributed by atoms with Gasteiger partial charge in [0.2, 0.25) is 5.91 Å². The molecule has 0 unspecified atom stereocenters. The van der Waals surface area contributed by atoms with Crippen LogP contribution in [0.15, 0.2) is 21.1 Å². The van der Waals surface area contributed by atoms with Gasteiger partial charge >= 0.3 is 0 Å². The number of benzene rings is 1. The van der Waals surface area contributed by atoms with Crippen LogP contribution < -0.4 is 11.1 Å². The fourth-order valence-corrected chi connectivity index (χ4v) is 2.83.